The second-order valence-electron chi connectivity index (χ2n) is 3.57. The molecule has 4 N–H and O–H groups in total. The topological polar surface area (TPSA) is 70.5 Å². The summed E-state index contributed by atoms with van der Waals surface area (Å²) in [7, 11) is 0. The lowest BCUT2D eigenvalue weighted by Crippen LogP contribution is -1.85. The zero-order valence-corrected chi connectivity index (χ0v) is 11.1. The van der Waals surface area contributed by atoms with Crippen LogP contribution in [-0.4, -0.2) is 15.0 Å². The molecule has 6 heteroatoms. The van der Waals surface area contributed by atoms with Crippen LogP contribution < -0.4 is 5.73 Å². The van der Waals surface area contributed by atoms with Crippen molar-refractivity contribution in [3.8, 4) is 11.3 Å². The third-order valence-electron chi connectivity index (χ3n) is 2.53. The molecule has 0 spiro atoms. The van der Waals surface area contributed by atoms with Crippen molar-refractivity contribution in [2.24, 2.45) is 0 Å². The number of rotatable bonds is 1. The molecule has 0 aliphatic rings. The molecule has 2 heterocycles. The van der Waals surface area contributed by atoms with Crippen LogP contribution in [0.3, 0.4) is 0 Å². The van der Waals surface area contributed by atoms with Crippen molar-refractivity contribution in [1.29, 1.82) is 0 Å². The minimum Gasteiger partial charge on any atom is -0.369 e. The summed E-state index contributed by atoms with van der Waals surface area (Å²) in [6.45, 7) is 0. The predicted molar refractivity (Wildman–Crippen MR) is 75.2 cm³/mol. The maximum Gasteiger partial charge on any atom is 0.197 e. The Bertz CT molecular complexity index is 658. The molecule has 1 aromatic carbocycles. The Morgan fingerprint density at radius 2 is 2.12 bits per heavy atom. The van der Waals surface area contributed by atoms with Gasteiger partial charge in [-0.25, -0.2) is 4.98 Å². The summed E-state index contributed by atoms with van der Waals surface area (Å²) in [6, 6.07) is 6.11. The Balaban J connectivity index is 0.00000108. The fourth-order valence-corrected chi connectivity index (χ4v) is 2.16. The number of halogens is 2. The lowest BCUT2D eigenvalue weighted by atomic mass is 10.1. The van der Waals surface area contributed by atoms with Gasteiger partial charge in [0.05, 0.1) is 11.9 Å². The van der Waals surface area contributed by atoms with Gasteiger partial charge in [-0.05, 0) is 12.1 Å². The van der Waals surface area contributed by atoms with Crippen molar-refractivity contribution in [2.75, 3.05) is 5.73 Å². The first kappa shape index (κ1) is 12.0. The highest BCUT2D eigenvalue weighted by molar-refractivity contribution is 9.10. The number of aromatic amines is 2. The van der Waals surface area contributed by atoms with Gasteiger partial charge in [0.15, 0.2) is 5.95 Å². The van der Waals surface area contributed by atoms with Crippen LogP contribution in [-0.2, 0) is 0 Å². The molecule has 4 nitrogen and oxygen atoms in total. The van der Waals surface area contributed by atoms with E-state index in [0.717, 1.165) is 26.6 Å². The Hall–Kier alpha value is -1.46. The summed E-state index contributed by atoms with van der Waals surface area (Å²) in [4.78, 5) is 10.2. The van der Waals surface area contributed by atoms with Gasteiger partial charge in [-0.15, -0.1) is 12.4 Å². The number of hydrogen-bond donors (Lipinski definition) is 3. The molecule has 0 radical (unpaired) electrons. The van der Waals surface area contributed by atoms with E-state index in [4.69, 9.17) is 5.73 Å². The smallest absolute Gasteiger partial charge is 0.197 e. The average molecular weight is 314 g/mol. The third-order valence-corrected chi connectivity index (χ3v) is 3.02. The number of nitrogens with two attached hydrogens (primary N) is 1. The number of H-pyrrole nitrogens is 2. The van der Waals surface area contributed by atoms with E-state index in [1.54, 1.807) is 6.20 Å². The van der Waals surface area contributed by atoms with Crippen molar-refractivity contribution in [3.63, 3.8) is 0 Å². The number of benzene rings is 1. The summed E-state index contributed by atoms with van der Waals surface area (Å²) >= 11 is 3.44. The average Bonchev–Trinajstić information content (AvgIpc) is 2.83. The van der Waals surface area contributed by atoms with Gasteiger partial charge < -0.3 is 15.7 Å². The van der Waals surface area contributed by atoms with Gasteiger partial charge in [0.2, 0.25) is 0 Å². The minimum absolute atomic E-state index is 0. The third kappa shape index (κ3) is 2.03. The molecule has 0 bridgehead atoms. The van der Waals surface area contributed by atoms with Gasteiger partial charge in [0.25, 0.3) is 0 Å². The zero-order chi connectivity index (χ0) is 11.1. The second-order valence-corrected chi connectivity index (χ2v) is 4.49. The molecule has 0 atom stereocenters. The highest BCUT2D eigenvalue weighted by atomic mass is 79.9. The minimum atomic E-state index is 0. The quantitative estimate of drug-likeness (QED) is 0.645. The van der Waals surface area contributed by atoms with Crippen LogP contribution in [0, 0.1) is 0 Å². The molecule has 0 saturated heterocycles. The summed E-state index contributed by atoms with van der Waals surface area (Å²) in [6.07, 6.45) is 3.68. The molecule has 0 amide bonds. The van der Waals surface area contributed by atoms with Crippen LogP contribution in [0.5, 0.6) is 0 Å². The van der Waals surface area contributed by atoms with Gasteiger partial charge >= 0.3 is 0 Å². The van der Waals surface area contributed by atoms with Crippen molar-refractivity contribution < 1.29 is 0 Å². The van der Waals surface area contributed by atoms with Gasteiger partial charge in [0.1, 0.15) is 0 Å². The monoisotopic (exact) mass is 312 g/mol. The number of anilines is 1. The van der Waals surface area contributed by atoms with Crippen LogP contribution in [0.4, 0.5) is 5.95 Å². The highest BCUT2D eigenvalue weighted by Crippen LogP contribution is 2.29. The van der Waals surface area contributed by atoms with Crippen LogP contribution in [0.25, 0.3) is 22.2 Å². The van der Waals surface area contributed by atoms with Crippen LogP contribution in [0.15, 0.2) is 35.1 Å². The van der Waals surface area contributed by atoms with E-state index in [1.165, 1.54) is 0 Å². The first-order valence-corrected chi connectivity index (χ1v) is 5.61. The number of fused-ring (bicyclic) bond motifs is 1. The molecule has 0 unspecified atom stereocenters. The van der Waals surface area contributed by atoms with Crippen molar-refractivity contribution in [1.82, 2.24) is 15.0 Å². The summed E-state index contributed by atoms with van der Waals surface area (Å²) < 4.78 is 1.05. The van der Waals surface area contributed by atoms with Crippen molar-refractivity contribution in [2.45, 2.75) is 0 Å². The molecule has 0 aliphatic heterocycles. The first-order valence-electron chi connectivity index (χ1n) is 4.81. The van der Waals surface area contributed by atoms with Crippen LogP contribution >= 0.6 is 28.3 Å². The lowest BCUT2D eigenvalue weighted by molar-refractivity contribution is 1.33. The molecule has 88 valence electrons. The fourth-order valence-electron chi connectivity index (χ4n) is 1.79. The van der Waals surface area contributed by atoms with E-state index in [-0.39, 0.29) is 12.4 Å². The summed E-state index contributed by atoms with van der Waals surface area (Å²) in [5.74, 6) is 0.432. The SMILES string of the molecule is Cl.Nc1ncc(-c2c[nH]c3cc(Br)ccc23)[nH]1. The van der Waals surface area contributed by atoms with Crippen molar-refractivity contribution >= 4 is 45.2 Å². The van der Waals surface area contributed by atoms with Gasteiger partial charge in [-0.3, -0.25) is 0 Å². The van der Waals surface area contributed by atoms with E-state index in [9.17, 15) is 0 Å². The van der Waals surface area contributed by atoms with E-state index >= 15 is 0 Å². The maximum absolute atomic E-state index is 5.57. The van der Waals surface area contributed by atoms with Gasteiger partial charge in [-0.2, -0.15) is 0 Å². The Morgan fingerprint density at radius 3 is 2.82 bits per heavy atom. The number of nitrogen functional groups attached to an aromatic ring is 1. The number of hydrogen-bond acceptors (Lipinski definition) is 2. The van der Waals surface area contributed by atoms with Gasteiger partial charge in [-0.1, -0.05) is 22.0 Å². The summed E-state index contributed by atoms with van der Waals surface area (Å²) in [5, 5.41) is 1.15. The summed E-state index contributed by atoms with van der Waals surface area (Å²) in [5.41, 5.74) is 8.65. The molecule has 0 aliphatic carbocycles. The Kier molecular flexibility index (Phi) is 3.13. The maximum atomic E-state index is 5.57. The van der Waals surface area contributed by atoms with Gasteiger partial charge in [0, 0.05) is 27.1 Å². The Labute approximate surface area is 112 Å². The molecular formula is C11H10BrClN4. The number of aromatic nitrogens is 3. The zero-order valence-electron chi connectivity index (χ0n) is 8.70. The number of nitrogens with one attached hydrogen (secondary N) is 2. The van der Waals surface area contributed by atoms with E-state index < -0.39 is 0 Å². The molecule has 2 aromatic heterocycles. The van der Waals surface area contributed by atoms with Crippen LogP contribution in [0.1, 0.15) is 0 Å². The molecule has 3 aromatic rings. The fraction of sp³-hybridized carbons (Fsp3) is 0. The largest absolute Gasteiger partial charge is 0.369 e. The lowest BCUT2D eigenvalue weighted by Gasteiger charge is -1.95. The normalized spacial score (nSPS) is 10.4. The van der Waals surface area contributed by atoms with E-state index in [1.807, 2.05) is 18.3 Å². The standard InChI is InChI=1S/C11H9BrN4.ClH/c12-6-1-2-7-8(4-14-9(7)3-6)10-5-15-11(13)16-10;/h1-5,14H,(H3,13,15,16);1H. The number of imidazole rings is 1. The number of nitrogens with zero attached hydrogens (tertiary/aromatic N) is 1. The van der Waals surface area contributed by atoms with Crippen LogP contribution in [0.2, 0.25) is 0 Å². The molecule has 17 heavy (non-hydrogen) atoms. The molecular weight excluding hydrogens is 304 g/mol. The van der Waals surface area contributed by atoms with E-state index in [0.29, 0.717) is 5.95 Å². The molecule has 0 saturated carbocycles. The second kappa shape index (κ2) is 4.43. The Morgan fingerprint density at radius 1 is 1.29 bits per heavy atom. The predicted octanol–water partition coefficient (Wildman–Crippen LogP) is 3.32. The highest BCUT2D eigenvalue weighted by Gasteiger charge is 2.08. The molecule has 0 fully saturated rings. The van der Waals surface area contributed by atoms with Crippen molar-refractivity contribution in [3.05, 3.63) is 35.1 Å². The van der Waals surface area contributed by atoms with E-state index in [2.05, 4.69) is 36.9 Å². The first-order chi connectivity index (χ1) is 7.74. The molecule has 3 rings (SSSR count).